The molecular weight excluding hydrogens is 432 g/mol. The third-order valence-electron chi connectivity index (χ3n) is 6.23. The third-order valence-corrected chi connectivity index (χ3v) is 6.23. The maximum absolute atomic E-state index is 12.5. The van der Waals surface area contributed by atoms with Crippen molar-refractivity contribution in [1.29, 1.82) is 0 Å². The number of benzene rings is 2. The monoisotopic (exact) mass is 466 g/mol. The first-order valence-electron chi connectivity index (χ1n) is 12.1. The SMILES string of the molecule is CCC(NC(=O)OCC1c2ccccc2-c2ccccc21)C(=O)NCCCCCCCC(=O)O. The van der Waals surface area contributed by atoms with Gasteiger partial charge in [0.2, 0.25) is 5.91 Å². The number of amides is 2. The van der Waals surface area contributed by atoms with E-state index in [1.165, 1.54) is 11.1 Å². The van der Waals surface area contributed by atoms with Crippen molar-refractivity contribution < 1.29 is 24.2 Å². The van der Waals surface area contributed by atoms with Crippen molar-refractivity contribution in [3.8, 4) is 11.1 Å². The molecule has 0 spiro atoms. The first-order chi connectivity index (χ1) is 16.5. The van der Waals surface area contributed by atoms with Gasteiger partial charge >= 0.3 is 12.1 Å². The molecule has 3 rings (SSSR count). The van der Waals surface area contributed by atoms with E-state index < -0.39 is 18.1 Å². The predicted molar refractivity (Wildman–Crippen MR) is 131 cm³/mol. The molecule has 1 unspecified atom stereocenters. The summed E-state index contributed by atoms with van der Waals surface area (Å²) in [6.07, 6.45) is 4.32. The van der Waals surface area contributed by atoms with Gasteiger partial charge in [-0.25, -0.2) is 4.79 Å². The molecule has 7 nitrogen and oxygen atoms in total. The number of nitrogens with one attached hydrogen (secondary N) is 2. The minimum absolute atomic E-state index is 0.0254. The zero-order valence-electron chi connectivity index (χ0n) is 19.7. The molecule has 2 aromatic rings. The van der Waals surface area contributed by atoms with Crippen LogP contribution in [0.25, 0.3) is 11.1 Å². The van der Waals surface area contributed by atoms with Gasteiger partial charge < -0.3 is 20.5 Å². The Morgan fingerprint density at radius 2 is 1.50 bits per heavy atom. The number of rotatable bonds is 13. The molecule has 0 radical (unpaired) electrons. The third kappa shape index (κ3) is 6.83. The molecule has 0 saturated heterocycles. The van der Waals surface area contributed by atoms with Crippen molar-refractivity contribution in [3.63, 3.8) is 0 Å². The highest BCUT2D eigenvalue weighted by atomic mass is 16.5. The molecule has 3 N–H and O–H groups in total. The average molecular weight is 467 g/mol. The predicted octanol–water partition coefficient (Wildman–Crippen LogP) is 4.85. The van der Waals surface area contributed by atoms with E-state index in [2.05, 4.69) is 34.9 Å². The second-order valence-corrected chi connectivity index (χ2v) is 8.63. The number of ether oxygens (including phenoxy) is 1. The summed E-state index contributed by atoms with van der Waals surface area (Å²) in [5.74, 6) is -1.01. The normalized spacial score (nSPS) is 13.0. The molecule has 0 aliphatic heterocycles. The van der Waals surface area contributed by atoms with Crippen LogP contribution in [0.15, 0.2) is 48.5 Å². The number of carbonyl (C=O) groups excluding carboxylic acids is 2. The van der Waals surface area contributed by atoms with Crippen molar-refractivity contribution in [2.45, 2.75) is 63.8 Å². The lowest BCUT2D eigenvalue weighted by atomic mass is 9.98. The summed E-state index contributed by atoms with van der Waals surface area (Å²) < 4.78 is 5.55. The van der Waals surface area contributed by atoms with Crippen LogP contribution < -0.4 is 10.6 Å². The highest BCUT2D eigenvalue weighted by Crippen LogP contribution is 2.44. The van der Waals surface area contributed by atoms with E-state index >= 15 is 0 Å². The number of alkyl carbamates (subject to hydrolysis) is 1. The second kappa shape index (κ2) is 12.8. The van der Waals surface area contributed by atoms with E-state index in [1.807, 2.05) is 31.2 Å². The number of carboxylic acids is 1. The van der Waals surface area contributed by atoms with Crippen molar-refractivity contribution in [3.05, 3.63) is 59.7 Å². The molecule has 0 fully saturated rings. The Kier molecular flexibility index (Phi) is 9.50. The van der Waals surface area contributed by atoms with Crippen LogP contribution in [-0.4, -0.2) is 42.3 Å². The maximum atomic E-state index is 12.5. The van der Waals surface area contributed by atoms with Gasteiger partial charge in [-0.15, -0.1) is 0 Å². The lowest BCUT2D eigenvalue weighted by Crippen LogP contribution is -2.46. The summed E-state index contributed by atoms with van der Waals surface area (Å²) in [4.78, 5) is 35.4. The Labute approximate surface area is 200 Å². The molecule has 0 saturated carbocycles. The number of aliphatic carboxylic acids is 1. The molecular formula is C27H34N2O5. The first-order valence-corrected chi connectivity index (χ1v) is 12.1. The fourth-order valence-corrected chi connectivity index (χ4v) is 4.40. The van der Waals surface area contributed by atoms with Crippen LogP contribution in [0, 0.1) is 0 Å². The number of hydrogen-bond donors (Lipinski definition) is 3. The number of hydrogen-bond acceptors (Lipinski definition) is 4. The Balaban J connectivity index is 1.41. The zero-order chi connectivity index (χ0) is 24.3. The highest BCUT2D eigenvalue weighted by molar-refractivity contribution is 5.85. The van der Waals surface area contributed by atoms with Gasteiger partial charge in [-0.2, -0.15) is 0 Å². The molecule has 2 amide bonds. The fourth-order valence-electron chi connectivity index (χ4n) is 4.40. The lowest BCUT2D eigenvalue weighted by Gasteiger charge is -2.18. The van der Waals surface area contributed by atoms with Crippen LogP contribution in [0.5, 0.6) is 0 Å². The number of fused-ring (bicyclic) bond motifs is 3. The molecule has 7 heteroatoms. The number of carboxylic acid groups (broad SMARTS) is 1. The zero-order valence-corrected chi connectivity index (χ0v) is 19.7. The Morgan fingerprint density at radius 1 is 0.912 bits per heavy atom. The van der Waals surface area contributed by atoms with Gasteiger partial charge in [0.15, 0.2) is 0 Å². The first kappa shape index (κ1) is 25.3. The molecule has 1 aliphatic carbocycles. The van der Waals surface area contributed by atoms with Gasteiger partial charge in [0.05, 0.1) is 0 Å². The Hall–Kier alpha value is -3.35. The smallest absolute Gasteiger partial charge is 0.407 e. The molecule has 2 aromatic carbocycles. The van der Waals surface area contributed by atoms with Crippen molar-refractivity contribution >= 4 is 18.0 Å². The molecule has 0 heterocycles. The van der Waals surface area contributed by atoms with E-state index in [0.29, 0.717) is 19.4 Å². The topological polar surface area (TPSA) is 105 Å². The van der Waals surface area contributed by atoms with E-state index in [0.717, 1.165) is 36.8 Å². The van der Waals surface area contributed by atoms with Crippen molar-refractivity contribution in [1.82, 2.24) is 10.6 Å². The summed E-state index contributed by atoms with van der Waals surface area (Å²) in [6.45, 7) is 2.58. The number of unbranched alkanes of at least 4 members (excludes halogenated alkanes) is 4. The van der Waals surface area contributed by atoms with E-state index in [1.54, 1.807) is 0 Å². The minimum Gasteiger partial charge on any atom is -0.481 e. The number of carbonyl (C=O) groups is 3. The maximum Gasteiger partial charge on any atom is 0.407 e. The van der Waals surface area contributed by atoms with Crippen LogP contribution in [0.2, 0.25) is 0 Å². The van der Waals surface area contributed by atoms with Gasteiger partial charge in [-0.05, 0) is 41.5 Å². The van der Waals surface area contributed by atoms with Crippen LogP contribution in [0.1, 0.15) is 68.9 Å². The van der Waals surface area contributed by atoms with Crippen molar-refractivity contribution in [2.24, 2.45) is 0 Å². The Morgan fingerprint density at radius 3 is 2.12 bits per heavy atom. The largest absolute Gasteiger partial charge is 0.481 e. The molecule has 1 atom stereocenters. The van der Waals surface area contributed by atoms with Gasteiger partial charge in [0.1, 0.15) is 12.6 Å². The highest BCUT2D eigenvalue weighted by Gasteiger charge is 2.29. The second-order valence-electron chi connectivity index (χ2n) is 8.63. The van der Waals surface area contributed by atoms with E-state index in [9.17, 15) is 14.4 Å². The van der Waals surface area contributed by atoms with Crippen LogP contribution in [0.3, 0.4) is 0 Å². The van der Waals surface area contributed by atoms with Crippen LogP contribution >= 0.6 is 0 Å². The van der Waals surface area contributed by atoms with E-state index in [-0.39, 0.29) is 24.9 Å². The minimum atomic E-state index is -0.762. The quantitative estimate of drug-likeness (QED) is 0.366. The van der Waals surface area contributed by atoms with Gasteiger partial charge in [-0.3, -0.25) is 9.59 Å². The van der Waals surface area contributed by atoms with Crippen molar-refractivity contribution in [2.75, 3.05) is 13.2 Å². The average Bonchev–Trinajstić information content (AvgIpc) is 3.16. The van der Waals surface area contributed by atoms with Crippen LogP contribution in [0.4, 0.5) is 4.79 Å². The van der Waals surface area contributed by atoms with Gasteiger partial charge in [0, 0.05) is 18.9 Å². The summed E-state index contributed by atoms with van der Waals surface area (Å²) in [5.41, 5.74) is 4.62. The Bertz CT molecular complexity index is 945. The summed E-state index contributed by atoms with van der Waals surface area (Å²) >= 11 is 0. The van der Waals surface area contributed by atoms with Gasteiger partial charge in [-0.1, -0.05) is 74.7 Å². The molecule has 0 aromatic heterocycles. The van der Waals surface area contributed by atoms with E-state index in [4.69, 9.17) is 9.84 Å². The summed E-state index contributed by atoms with van der Waals surface area (Å²) in [7, 11) is 0. The summed E-state index contributed by atoms with van der Waals surface area (Å²) in [6, 6.07) is 15.7. The fraction of sp³-hybridized carbons (Fsp3) is 0.444. The molecule has 0 bridgehead atoms. The van der Waals surface area contributed by atoms with Gasteiger partial charge in [0.25, 0.3) is 0 Å². The molecule has 182 valence electrons. The lowest BCUT2D eigenvalue weighted by molar-refractivity contribution is -0.137. The summed E-state index contributed by atoms with van der Waals surface area (Å²) in [5, 5.41) is 14.2. The molecule has 34 heavy (non-hydrogen) atoms. The standard InChI is InChI=1S/C27H34N2O5/c1-2-24(26(32)28-17-11-5-3-4-6-16-25(30)31)29-27(33)34-18-23-21-14-9-7-12-19(21)20-13-8-10-15-22(20)23/h7-10,12-15,23-24H,2-6,11,16-18H2,1H3,(H,28,32)(H,29,33)(H,30,31). The molecule has 1 aliphatic rings. The van der Waals surface area contributed by atoms with Crippen LogP contribution in [-0.2, 0) is 14.3 Å².